The largest absolute Gasteiger partial charge is 0.493 e. The summed E-state index contributed by atoms with van der Waals surface area (Å²) in [4.78, 5) is 0. The van der Waals surface area contributed by atoms with Crippen LogP contribution in [0.25, 0.3) is 0 Å². The molecule has 102 valence electrons. The molecule has 18 heavy (non-hydrogen) atoms. The van der Waals surface area contributed by atoms with Gasteiger partial charge in [-0.05, 0) is 25.0 Å². The molecule has 0 fully saturated rings. The predicted molar refractivity (Wildman–Crippen MR) is 76.3 cm³/mol. The fourth-order valence-corrected chi connectivity index (χ4v) is 1.66. The molecule has 2 N–H and O–H groups in total. The van der Waals surface area contributed by atoms with Gasteiger partial charge in [-0.25, -0.2) is 0 Å². The van der Waals surface area contributed by atoms with E-state index < -0.39 is 0 Å². The second-order valence-corrected chi connectivity index (χ2v) is 4.46. The van der Waals surface area contributed by atoms with Gasteiger partial charge in [0.2, 0.25) is 0 Å². The van der Waals surface area contributed by atoms with E-state index in [4.69, 9.17) is 15.2 Å². The quantitative estimate of drug-likeness (QED) is 0.532. The van der Waals surface area contributed by atoms with Crippen LogP contribution < -0.4 is 15.2 Å². The number of nitrogen functional groups attached to an aromatic ring is 1. The maximum atomic E-state index is 5.84. The highest BCUT2D eigenvalue weighted by Gasteiger charge is 2.03. The molecule has 0 heterocycles. The van der Waals surface area contributed by atoms with Gasteiger partial charge in [0.25, 0.3) is 0 Å². The normalized spacial score (nSPS) is 10.3. The molecule has 0 aliphatic carbocycles. The van der Waals surface area contributed by atoms with Crippen molar-refractivity contribution >= 4 is 5.69 Å². The van der Waals surface area contributed by atoms with Crippen LogP contribution in [0.3, 0.4) is 0 Å². The number of hydrogen-bond acceptors (Lipinski definition) is 3. The van der Waals surface area contributed by atoms with Gasteiger partial charge >= 0.3 is 0 Å². The minimum Gasteiger partial charge on any atom is -0.493 e. The van der Waals surface area contributed by atoms with E-state index in [1.165, 1.54) is 19.3 Å². The zero-order chi connectivity index (χ0) is 13.2. The van der Waals surface area contributed by atoms with Crippen molar-refractivity contribution in [1.29, 1.82) is 0 Å². The maximum Gasteiger partial charge on any atom is 0.145 e. The van der Waals surface area contributed by atoms with Gasteiger partial charge in [0.05, 0.1) is 18.9 Å². The van der Waals surface area contributed by atoms with Gasteiger partial charge in [-0.15, -0.1) is 0 Å². The summed E-state index contributed by atoms with van der Waals surface area (Å²) in [6.45, 7) is 5.73. The molecule has 3 nitrogen and oxygen atoms in total. The summed E-state index contributed by atoms with van der Waals surface area (Å²) in [5.41, 5.74) is 6.51. The summed E-state index contributed by atoms with van der Waals surface area (Å²) in [5.74, 6) is 1.56. The van der Waals surface area contributed by atoms with Crippen molar-refractivity contribution in [3.63, 3.8) is 0 Å². The molecule has 1 aromatic carbocycles. The second kappa shape index (κ2) is 8.67. The lowest BCUT2D eigenvalue weighted by atomic mass is 10.2. The molecule has 0 radical (unpaired) electrons. The van der Waals surface area contributed by atoms with E-state index in [1.54, 1.807) is 0 Å². The Kier molecular flexibility index (Phi) is 7.07. The fourth-order valence-electron chi connectivity index (χ4n) is 1.66. The molecule has 0 aromatic heterocycles. The summed E-state index contributed by atoms with van der Waals surface area (Å²) >= 11 is 0. The summed E-state index contributed by atoms with van der Waals surface area (Å²) in [7, 11) is 0. The van der Waals surface area contributed by atoms with E-state index in [2.05, 4.69) is 13.8 Å². The topological polar surface area (TPSA) is 44.5 Å². The standard InChI is InChI=1S/C15H25NO2/c1-3-5-6-7-11-17-13-8-9-14(16)15(12-13)18-10-4-2/h8-9,12H,3-7,10-11,16H2,1-2H3. The van der Waals surface area contributed by atoms with E-state index in [1.807, 2.05) is 18.2 Å². The molecule has 3 heteroatoms. The Bertz CT molecular complexity index is 339. The van der Waals surface area contributed by atoms with Crippen molar-refractivity contribution in [3.05, 3.63) is 18.2 Å². The van der Waals surface area contributed by atoms with Gasteiger partial charge in [0, 0.05) is 6.07 Å². The first-order chi connectivity index (χ1) is 8.77. The van der Waals surface area contributed by atoms with Crippen LogP contribution in [0.4, 0.5) is 5.69 Å². The van der Waals surface area contributed by atoms with Gasteiger partial charge < -0.3 is 15.2 Å². The predicted octanol–water partition coefficient (Wildman–Crippen LogP) is 4.02. The van der Waals surface area contributed by atoms with Crippen molar-refractivity contribution in [2.24, 2.45) is 0 Å². The molecule has 1 rings (SSSR count). The monoisotopic (exact) mass is 251 g/mol. The van der Waals surface area contributed by atoms with Gasteiger partial charge in [-0.1, -0.05) is 33.1 Å². The first kappa shape index (κ1) is 14.7. The second-order valence-electron chi connectivity index (χ2n) is 4.46. The molecule has 1 aromatic rings. The van der Waals surface area contributed by atoms with E-state index >= 15 is 0 Å². The first-order valence-electron chi connectivity index (χ1n) is 6.93. The molecule has 0 atom stereocenters. The van der Waals surface area contributed by atoms with Gasteiger partial charge in [-0.2, -0.15) is 0 Å². The number of anilines is 1. The van der Waals surface area contributed by atoms with Crippen LogP contribution >= 0.6 is 0 Å². The minimum absolute atomic E-state index is 0.668. The number of benzene rings is 1. The molecule has 0 aliphatic heterocycles. The number of unbranched alkanes of at least 4 members (excludes halogenated alkanes) is 3. The summed E-state index contributed by atoms with van der Waals surface area (Å²) in [6.07, 6.45) is 5.82. The minimum atomic E-state index is 0.668. The molecular weight excluding hydrogens is 226 g/mol. The molecule has 0 spiro atoms. The summed E-state index contributed by atoms with van der Waals surface area (Å²) < 4.78 is 11.3. The lowest BCUT2D eigenvalue weighted by molar-refractivity contribution is 0.295. The summed E-state index contributed by atoms with van der Waals surface area (Å²) in [5, 5.41) is 0. The van der Waals surface area contributed by atoms with Crippen molar-refractivity contribution in [1.82, 2.24) is 0 Å². The van der Waals surface area contributed by atoms with Crippen molar-refractivity contribution < 1.29 is 9.47 Å². The van der Waals surface area contributed by atoms with Crippen LogP contribution in [0.5, 0.6) is 11.5 Å². The highest BCUT2D eigenvalue weighted by atomic mass is 16.5. The Morgan fingerprint density at radius 3 is 2.50 bits per heavy atom. The third-order valence-corrected chi connectivity index (χ3v) is 2.71. The lowest BCUT2D eigenvalue weighted by Gasteiger charge is -2.11. The zero-order valence-corrected chi connectivity index (χ0v) is 11.6. The first-order valence-corrected chi connectivity index (χ1v) is 6.93. The molecule has 0 saturated heterocycles. The van der Waals surface area contributed by atoms with E-state index in [9.17, 15) is 0 Å². The molecule has 0 saturated carbocycles. The SMILES string of the molecule is CCCCCCOc1ccc(N)c(OCCC)c1. The maximum absolute atomic E-state index is 5.84. The molecule has 0 unspecified atom stereocenters. The van der Waals surface area contributed by atoms with Crippen LogP contribution in [0.15, 0.2) is 18.2 Å². The highest BCUT2D eigenvalue weighted by molar-refractivity contribution is 5.55. The van der Waals surface area contributed by atoms with E-state index in [0.29, 0.717) is 12.3 Å². The van der Waals surface area contributed by atoms with Crippen molar-refractivity contribution in [2.45, 2.75) is 46.0 Å². The average molecular weight is 251 g/mol. The van der Waals surface area contributed by atoms with Gasteiger partial charge in [0.1, 0.15) is 11.5 Å². The Morgan fingerprint density at radius 1 is 0.944 bits per heavy atom. The summed E-state index contributed by atoms with van der Waals surface area (Å²) in [6, 6.07) is 5.62. The Hall–Kier alpha value is -1.38. The number of rotatable bonds is 9. The lowest BCUT2D eigenvalue weighted by Crippen LogP contribution is -2.01. The van der Waals surface area contributed by atoms with Gasteiger partial charge in [-0.3, -0.25) is 0 Å². The van der Waals surface area contributed by atoms with Crippen LogP contribution in [-0.2, 0) is 0 Å². The number of hydrogen-bond donors (Lipinski definition) is 1. The number of ether oxygens (including phenoxy) is 2. The Morgan fingerprint density at radius 2 is 1.78 bits per heavy atom. The van der Waals surface area contributed by atoms with E-state index in [-0.39, 0.29) is 0 Å². The number of nitrogens with two attached hydrogens (primary N) is 1. The molecule has 0 amide bonds. The van der Waals surface area contributed by atoms with Crippen molar-refractivity contribution in [2.75, 3.05) is 18.9 Å². The van der Waals surface area contributed by atoms with Gasteiger partial charge in [0.15, 0.2) is 0 Å². The molecule has 0 bridgehead atoms. The van der Waals surface area contributed by atoms with E-state index in [0.717, 1.165) is 30.9 Å². The molecule has 0 aliphatic rings. The molecular formula is C15H25NO2. The Labute approximate surface area is 110 Å². The third-order valence-electron chi connectivity index (χ3n) is 2.71. The van der Waals surface area contributed by atoms with Crippen LogP contribution in [0, 0.1) is 0 Å². The Balaban J connectivity index is 2.40. The highest BCUT2D eigenvalue weighted by Crippen LogP contribution is 2.27. The van der Waals surface area contributed by atoms with Crippen LogP contribution in [0.2, 0.25) is 0 Å². The van der Waals surface area contributed by atoms with Crippen LogP contribution in [0.1, 0.15) is 46.0 Å². The average Bonchev–Trinajstić information content (AvgIpc) is 2.39. The zero-order valence-electron chi connectivity index (χ0n) is 11.6. The van der Waals surface area contributed by atoms with Crippen molar-refractivity contribution in [3.8, 4) is 11.5 Å². The van der Waals surface area contributed by atoms with Crippen LogP contribution in [-0.4, -0.2) is 13.2 Å². The third kappa shape index (κ3) is 5.30. The fraction of sp³-hybridized carbons (Fsp3) is 0.600. The smallest absolute Gasteiger partial charge is 0.145 e.